The van der Waals surface area contributed by atoms with E-state index in [0.717, 1.165) is 22.3 Å². The van der Waals surface area contributed by atoms with Gasteiger partial charge in [-0.25, -0.2) is 0 Å². The summed E-state index contributed by atoms with van der Waals surface area (Å²) >= 11 is 0. The van der Waals surface area contributed by atoms with Gasteiger partial charge in [0.2, 0.25) is 5.91 Å². The molecule has 0 fully saturated rings. The number of benzene rings is 2. The number of rotatable bonds is 7. The van der Waals surface area contributed by atoms with E-state index in [1.165, 1.54) is 0 Å². The second kappa shape index (κ2) is 9.79. The Bertz CT molecular complexity index is 882. The molecule has 0 unspecified atom stereocenters. The minimum Gasteiger partial charge on any atom is -0.483 e. The van der Waals surface area contributed by atoms with Gasteiger partial charge in [-0.2, -0.15) is 0 Å². The summed E-state index contributed by atoms with van der Waals surface area (Å²) in [6.45, 7) is 13.7. The standard InChI is InChI=1S/C25H34N2O3/c1-17-11-13-21(14-12-17)15-27(20(4)24(29)26-25(5,6)7)23(28)16-30-22-10-8-9-18(2)19(22)3/h8-14,20H,15-16H2,1-7H3,(H,26,29)/t20-/m0/s1. The topological polar surface area (TPSA) is 58.6 Å². The van der Waals surface area contributed by atoms with Crippen LogP contribution in [0.2, 0.25) is 0 Å². The van der Waals surface area contributed by atoms with E-state index in [9.17, 15) is 9.59 Å². The summed E-state index contributed by atoms with van der Waals surface area (Å²) in [5, 5.41) is 2.97. The van der Waals surface area contributed by atoms with E-state index >= 15 is 0 Å². The zero-order valence-electron chi connectivity index (χ0n) is 19.2. The van der Waals surface area contributed by atoms with Gasteiger partial charge in [-0.1, -0.05) is 42.0 Å². The second-order valence-corrected chi connectivity index (χ2v) is 8.91. The van der Waals surface area contributed by atoms with Crippen molar-refractivity contribution in [2.24, 2.45) is 0 Å². The number of hydrogen-bond donors (Lipinski definition) is 1. The molecular formula is C25H34N2O3. The van der Waals surface area contributed by atoms with Gasteiger partial charge < -0.3 is 15.0 Å². The first kappa shape index (κ1) is 23.5. The maximum absolute atomic E-state index is 13.1. The Morgan fingerprint density at radius 2 is 1.67 bits per heavy atom. The van der Waals surface area contributed by atoms with Crippen LogP contribution in [0.5, 0.6) is 5.75 Å². The summed E-state index contributed by atoms with van der Waals surface area (Å²) in [5.41, 5.74) is 3.85. The molecular weight excluding hydrogens is 376 g/mol. The summed E-state index contributed by atoms with van der Waals surface area (Å²) in [7, 11) is 0. The van der Waals surface area contributed by atoms with Gasteiger partial charge in [0.15, 0.2) is 6.61 Å². The molecule has 2 aromatic carbocycles. The van der Waals surface area contributed by atoms with Crippen molar-refractivity contribution in [1.82, 2.24) is 10.2 Å². The molecule has 0 aliphatic heterocycles. The lowest BCUT2D eigenvalue weighted by Crippen LogP contribution is -2.53. The largest absolute Gasteiger partial charge is 0.483 e. The smallest absolute Gasteiger partial charge is 0.261 e. The highest BCUT2D eigenvalue weighted by Crippen LogP contribution is 2.21. The van der Waals surface area contributed by atoms with Crippen molar-refractivity contribution in [2.45, 2.75) is 66.6 Å². The quantitative estimate of drug-likeness (QED) is 0.739. The first-order chi connectivity index (χ1) is 14.0. The third-order valence-corrected chi connectivity index (χ3v) is 5.05. The van der Waals surface area contributed by atoms with Gasteiger partial charge in [0, 0.05) is 12.1 Å². The van der Waals surface area contributed by atoms with Gasteiger partial charge in [-0.3, -0.25) is 9.59 Å². The fourth-order valence-electron chi connectivity index (χ4n) is 3.05. The number of ether oxygens (including phenoxy) is 1. The highest BCUT2D eigenvalue weighted by molar-refractivity contribution is 5.88. The van der Waals surface area contributed by atoms with Crippen molar-refractivity contribution >= 4 is 11.8 Å². The Morgan fingerprint density at radius 3 is 2.27 bits per heavy atom. The number of nitrogens with zero attached hydrogens (tertiary/aromatic N) is 1. The van der Waals surface area contributed by atoms with Crippen LogP contribution in [0.4, 0.5) is 0 Å². The average molecular weight is 411 g/mol. The number of carbonyl (C=O) groups excluding carboxylic acids is 2. The number of carbonyl (C=O) groups is 2. The number of hydrogen-bond acceptors (Lipinski definition) is 3. The highest BCUT2D eigenvalue weighted by Gasteiger charge is 2.28. The van der Waals surface area contributed by atoms with Gasteiger partial charge in [0.25, 0.3) is 5.91 Å². The van der Waals surface area contributed by atoms with Crippen LogP contribution in [-0.4, -0.2) is 34.9 Å². The van der Waals surface area contributed by atoms with Crippen LogP contribution in [0.15, 0.2) is 42.5 Å². The minimum absolute atomic E-state index is 0.122. The molecule has 0 heterocycles. The van der Waals surface area contributed by atoms with Crippen molar-refractivity contribution in [2.75, 3.05) is 6.61 Å². The molecule has 0 saturated heterocycles. The van der Waals surface area contributed by atoms with Crippen molar-refractivity contribution in [3.63, 3.8) is 0 Å². The normalized spacial score (nSPS) is 12.2. The van der Waals surface area contributed by atoms with Crippen LogP contribution in [0, 0.1) is 20.8 Å². The predicted octanol–water partition coefficient (Wildman–Crippen LogP) is 4.32. The lowest BCUT2D eigenvalue weighted by Gasteiger charge is -2.31. The Morgan fingerprint density at radius 1 is 1.03 bits per heavy atom. The third-order valence-electron chi connectivity index (χ3n) is 5.05. The van der Waals surface area contributed by atoms with E-state index in [-0.39, 0.29) is 24.0 Å². The van der Waals surface area contributed by atoms with Crippen LogP contribution in [0.25, 0.3) is 0 Å². The zero-order chi connectivity index (χ0) is 22.5. The lowest BCUT2D eigenvalue weighted by molar-refractivity contribution is -0.142. The summed E-state index contributed by atoms with van der Waals surface area (Å²) < 4.78 is 5.83. The molecule has 0 aliphatic rings. The molecule has 0 spiro atoms. The average Bonchev–Trinajstić information content (AvgIpc) is 2.66. The van der Waals surface area contributed by atoms with E-state index in [0.29, 0.717) is 12.3 Å². The van der Waals surface area contributed by atoms with Crippen molar-refractivity contribution in [3.05, 3.63) is 64.7 Å². The van der Waals surface area contributed by atoms with Crippen LogP contribution in [0.3, 0.4) is 0 Å². The van der Waals surface area contributed by atoms with Crippen LogP contribution in [-0.2, 0) is 16.1 Å². The Kier molecular flexibility index (Phi) is 7.65. The van der Waals surface area contributed by atoms with E-state index < -0.39 is 6.04 Å². The van der Waals surface area contributed by atoms with Gasteiger partial charge in [-0.05, 0) is 71.2 Å². The summed E-state index contributed by atoms with van der Waals surface area (Å²) in [4.78, 5) is 27.5. The lowest BCUT2D eigenvalue weighted by atomic mass is 10.1. The minimum atomic E-state index is -0.625. The summed E-state index contributed by atoms with van der Waals surface area (Å²) in [6, 6.07) is 13.1. The number of nitrogens with one attached hydrogen (secondary N) is 1. The summed E-state index contributed by atoms with van der Waals surface area (Å²) in [6.07, 6.45) is 0. The first-order valence-electron chi connectivity index (χ1n) is 10.3. The van der Waals surface area contributed by atoms with E-state index in [4.69, 9.17) is 4.74 Å². The Hall–Kier alpha value is -2.82. The molecule has 2 amide bonds. The van der Waals surface area contributed by atoms with E-state index in [2.05, 4.69) is 5.32 Å². The first-order valence-corrected chi connectivity index (χ1v) is 10.3. The van der Waals surface area contributed by atoms with Gasteiger partial charge in [-0.15, -0.1) is 0 Å². The molecule has 2 aromatic rings. The van der Waals surface area contributed by atoms with Crippen molar-refractivity contribution in [3.8, 4) is 5.75 Å². The molecule has 0 radical (unpaired) electrons. The SMILES string of the molecule is Cc1ccc(CN(C(=O)COc2cccc(C)c2C)[C@@H](C)C(=O)NC(C)(C)C)cc1. The van der Waals surface area contributed by atoms with Crippen molar-refractivity contribution in [1.29, 1.82) is 0 Å². The molecule has 162 valence electrons. The maximum atomic E-state index is 13.1. The number of aryl methyl sites for hydroxylation is 2. The fraction of sp³-hybridized carbons (Fsp3) is 0.440. The van der Waals surface area contributed by atoms with Crippen LogP contribution in [0.1, 0.15) is 49.9 Å². The Balaban J connectivity index is 2.20. The summed E-state index contributed by atoms with van der Waals surface area (Å²) in [5.74, 6) is 0.271. The van der Waals surface area contributed by atoms with E-state index in [1.807, 2.05) is 84.0 Å². The highest BCUT2D eigenvalue weighted by atomic mass is 16.5. The van der Waals surface area contributed by atoms with Gasteiger partial charge in [0.1, 0.15) is 11.8 Å². The zero-order valence-corrected chi connectivity index (χ0v) is 19.2. The molecule has 1 atom stereocenters. The molecule has 0 saturated carbocycles. The van der Waals surface area contributed by atoms with E-state index in [1.54, 1.807) is 11.8 Å². The molecule has 0 aromatic heterocycles. The second-order valence-electron chi connectivity index (χ2n) is 8.91. The van der Waals surface area contributed by atoms with Gasteiger partial charge >= 0.3 is 0 Å². The molecule has 1 N–H and O–H groups in total. The molecule has 5 heteroatoms. The number of amides is 2. The monoisotopic (exact) mass is 410 g/mol. The van der Waals surface area contributed by atoms with Crippen LogP contribution >= 0.6 is 0 Å². The van der Waals surface area contributed by atoms with Crippen molar-refractivity contribution < 1.29 is 14.3 Å². The van der Waals surface area contributed by atoms with Crippen LogP contribution < -0.4 is 10.1 Å². The molecule has 5 nitrogen and oxygen atoms in total. The van der Waals surface area contributed by atoms with Gasteiger partial charge in [0.05, 0.1) is 0 Å². The molecule has 2 rings (SSSR count). The third kappa shape index (κ3) is 6.61. The molecule has 0 bridgehead atoms. The maximum Gasteiger partial charge on any atom is 0.261 e. The molecule has 30 heavy (non-hydrogen) atoms. The molecule has 0 aliphatic carbocycles. The fourth-order valence-corrected chi connectivity index (χ4v) is 3.05. The Labute approximate surface area is 180 Å². The predicted molar refractivity (Wildman–Crippen MR) is 120 cm³/mol.